The van der Waals surface area contributed by atoms with Crippen LogP contribution in [0.15, 0.2) is 24.3 Å². The number of nitrogens with one attached hydrogen (secondary N) is 2. The van der Waals surface area contributed by atoms with E-state index in [2.05, 4.69) is 35.8 Å². The summed E-state index contributed by atoms with van der Waals surface area (Å²) in [6.07, 6.45) is 1.92. The lowest BCUT2D eigenvalue weighted by Gasteiger charge is -2.16. The van der Waals surface area contributed by atoms with Crippen LogP contribution in [0.3, 0.4) is 0 Å². The predicted octanol–water partition coefficient (Wildman–Crippen LogP) is 1.80. The molecule has 1 amide bonds. The van der Waals surface area contributed by atoms with Crippen LogP contribution in [0, 0.1) is 6.92 Å². The maximum Gasteiger partial charge on any atom is 0.230 e. The Morgan fingerprint density at radius 1 is 1.29 bits per heavy atom. The van der Waals surface area contributed by atoms with Gasteiger partial charge in [0.25, 0.3) is 0 Å². The molecule has 1 fully saturated rings. The normalized spacial score (nSPS) is 15.1. The van der Waals surface area contributed by atoms with Crippen LogP contribution in [0.5, 0.6) is 0 Å². The lowest BCUT2D eigenvalue weighted by Crippen LogP contribution is -2.39. The van der Waals surface area contributed by atoms with Crippen LogP contribution in [-0.4, -0.2) is 39.3 Å². The van der Waals surface area contributed by atoms with Crippen molar-refractivity contribution in [1.82, 2.24) is 10.6 Å². The molecule has 0 bridgehead atoms. The lowest BCUT2D eigenvalue weighted by atomic mass is 9.93. The molecule has 0 aliphatic heterocycles. The van der Waals surface area contributed by atoms with E-state index in [0.29, 0.717) is 13.2 Å². The summed E-state index contributed by atoms with van der Waals surface area (Å²) < 4.78 is 4.95. The van der Waals surface area contributed by atoms with E-state index in [9.17, 15) is 4.79 Å². The number of halogens is 1. The first-order chi connectivity index (χ1) is 9.69. The molecule has 4 nitrogen and oxygen atoms in total. The molecule has 0 aromatic heterocycles. The van der Waals surface area contributed by atoms with E-state index < -0.39 is 0 Å². The average Bonchev–Trinajstić information content (AvgIpc) is 3.24. The van der Waals surface area contributed by atoms with Crippen molar-refractivity contribution in [2.24, 2.45) is 0 Å². The third kappa shape index (κ3) is 4.70. The van der Waals surface area contributed by atoms with Crippen molar-refractivity contribution in [3.63, 3.8) is 0 Å². The van der Waals surface area contributed by atoms with Crippen LogP contribution in [0.25, 0.3) is 0 Å². The van der Waals surface area contributed by atoms with Gasteiger partial charge < -0.3 is 15.4 Å². The van der Waals surface area contributed by atoms with Crippen LogP contribution < -0.4 is 10.6 Å². The first-order valence-corrected chi connectivity index (χ1v) is 7.24. The third-order valence-corrected chi connectivity index (χ3v) is 3.83. The van der Waals surface area contributed by atoms with E-state index in [1.54, 1.807) is 7.11 Å². The first-order valence-electron chi connectivity index (χ1n) is 7.24. The summed E-state index contributed by atoms with van der Waals surface area (Å²) in [5.74, 6) is 0.164. The zero-order chi connectivity index (χ0) is 14.4. The van der Waals surface area contributed by atoms with Crippen LogP contribution in [0.1, 0.15) is 24.0 Å². The van der Waals surface area contributed by atoms with E-state index in [1.807, 2.05) is 6.07 Å². The van der Waals surface area contributed by atoms with E-state index >= 15 is 0 Å². The molecule has 1 aromatic rings. The Balaban J connectivity index is 0.00000220. The summed E-state index contributed by atoms with van der Waals surface area (Å²) in [5, 5.41) is 6.26. The number of hydrogen-bond donors (Lipinski definition) is 2. The van der Waals surface area contributed by atoms with Crippen molar-refractivity contribution in [1.29, 1.82) is 0 Å². The summed E-state index contributed by atoms with van der Waals surface area (Å²) in [6, 6.07) is 8.29. The third-order valence-electron chi connectivity index (χ3n) is 3.83. The van der Waals surface area contributed by atoms with Crippen molar-refractivity contribution in [3.8, 4) is 0 Å². The molecule has 118 valence electrons. The van der Waals surface area contributed by atoms with Crippen molar-refractivity contribution in [2.75, 3.05) is 33.4 Å². The molecule has 1 aromatic carbocycles. The summed E-state index contributed by atoms with van der Waals surface area (Å²) >= 11 is 0. The van der Waals surface area contributed by atoms with Crippen LogP contribution in [0.4, 0.5) is 0 Å². The number of aryl methyl sites for hydroxylation is 1. The Kier molecular flexibility index (Phi) is 7.15. The van der Waals surface area contributed by atoms with Gasteiger partial charge in [-0.05, 0) is 25.3 Å². The van der Waals surface area contributed by atoms with Crippen LogP contribution >= 0.6 is 12.4 Å². The SMILES string of the molecule is COCCNCCNC(=O)C1(c2cccc(C)c2)CC1.Cl. The molecule has 1 aliphatic rings. The predicted molar refractivity (Wildman–Crippen MR) is 87.1 cm³/mol. The minimum absolute atomic E-state index is 0. The molecule has 0 spiro atoms. The maximum absolute atomic E-state index is 12.4. The van der Waals surface area contributed by atoms with Gasteiger partial charge in [0.15, 0.2) is 0 Å². The molecular weight excluding hydrogens is 288 g/mol. The Morgan fingerprint density at radius 2 is 2.05 bits per heavy atom. The second kappa shape index (κ2) is 8.37. The van der Waals surface area contributed by atoms with E-state index in [1.165, 1.54) is 5.56 Å². The molecule has 5 heteroatoms. The van der Waals surface area contributed by atoms with Crippen LogP contribution in [0.2, 0.25) is 0 Å². The van der Waals surface area contributed by atoms with Crippen molar-refractivity contribution < 1.29 is 9.53 Å². The molecule has 0 atom stereocenters. The van der Waals surface area contributed by atoms with Gasteiger partial charge in [-0.25, -0.2) is 0 Å². The van der Waals surface area contributed by atoms with Crippen molar-refractivity contribution >= 4 is 18.3 Å². The Bertz CT molecular complexity index is 461. The largest absolute Gasteiger partial charge is 0.383 e. The smallest absolute Gasteiger partial charge is 0.230 e. The fraction of sp³-hybridized carbons (Fsp3) is 0.562. The molecule has 2 N–H and O–H groups in total. The zero-order valence-corrected chi connectivity index (χ0v) is 13.6. The maximum atomic E-state index is 12.4. The second-order valence-electron chi connectivity index (χ2n) is 5.45. The standard InChI is InChI=1S/C16H24N2O2.ClH/c1-13-4-3-5-14(12-13)16(6-7-16)15(19)18-9-8-17-10-11-20-2;/h3-5,12,17H,6-11H2,1-2H3,(H,18,19);1H. The number of carbonyl (C=O) groups excluding carboxylic acids is 1. The summed E-state index contributed by atoms with van der Waals surface area (Å²) in [7, 11) is 1.68. The van der Waals surface area contributed by atoms with Crippen LogP contribution in [-0.2, 0) is 14.9 Å². The lowest BCUT2D eigenvalue weighted by molar-refractivity contribution is -0.123. The first kappa shape index (κ1) is 18.0. The van der Waals surface area contributed by atoms with Crippen molar-refractivity contribution in [2.45, 2.75) is 25.2 Å². The molecule has 2 rings (SSSR count). The second-order valence-corrected chi connectivity index (χ2v) is 5.45. The highest BCUT2D eigenvalue weighted by Gasteiger charge is 2.50. The molecule has 1 aliphatic carbocycles. The fourth-order valence-electron chi connectivity index (χ4n) is 2.45. The molecular formula is C16H25ClN2O2. The van der Waals surface area contributed by atoms with E-state index in [4.69, 9.17) is 4.74 Å². The Morgan fingerprint density at radius 3 is 2.67 bits per heavy atom. The number of amides is 1. The average molecular weight is 313 g/mol. The minimum atomic E-state index is -0.265. The van der Waals surface area contributed by atoms with Crippen molar-refractivity contribution in [3.05, 3.63) is 35.4 Å². The van der Waals surface area contributed by atoms with Gasteiger partial charge in [0.2, 0.25) is 5.91 Å². The monoisotopic (exact) mass is 312 g/mol. The Hall–Kier alpha value is -1.10. The molecule has 1 saturated carbocycles. The summed E-state index contributed by atoms with van der Waals surface area (Å²) in [5.41, 5.74) is 2.10. The number of methoxy groups -OCH3 is 1. The number of carbonyl (C=O) groups is 1. The van der Waals surface area contributed by atoms with Gasteiger partial charge in [0.1, 0.15) is 0 Å². The van der Waals surface area contributed by atoms with E-state index in [-0.39, 0.29) is 23.7 Å². The molecule has 0 unspecified atom stereocenters. The molecule has 0 saturated heterocycles. The van der Waals surface area contributed by atoms with Gasteiger partial charge in [0.05, 0.1) is 12.0 Å². The Labute approximate surface area is 133 Å². The van der Waals surface area contributed by atoms with Gasteiger partial charge in [-0.3, -0.25) is 4.79 Å². The number of rotatable bonds is 8. The minimum Gasteiger partial charge on any atom is -0.383 e. The van der Waals surface area contributed by atoms with E-state index in [0.717, 1.165) is 31.5 Å². The highest BCUT2D eigenvalue weighted by atomic mass is 35.5. The van der Waals surface area contributed by atoms with Gasteiger partial charge in [-0.15, -0.1) is 12.4 Å². The highest BCUT2D eigenvalue weighted by molar-refractivity contribution is 5.91. The number of ether oxygens (including phenoxy) is 1. The molecule has 21 heavy (non-hydrogen) atoms. The van der Waals surface area contributed by atoms with Gasteiger partial charge in [0, 0.05) is 26.7 Å². The van der Waals surface area contributed by atoms with Gasteiger partial charge in [-0.1, -0.05) is 29.8 Å². The molecule has 0 radical (unpaired) electrons. The summed E-state index contributed by atoms with van der Waals surface area (Å²) in [4.78, 5) is 12.4. The van der Waals surface area contributed by atoms with Gasteiger partial charge in [-0.2, -0.15) is 0 Å². The number of benzene rings is 1. The highest BCUT2D eigenvalue weighted by Crippen LogP contribution is 2.48. The fourth-order valence-corrected chi connectivity index (χ4v) is 2.45. The molecule has 0 heterocycles. The zero-order valence-electron chi connectivity index (χ0n) is 12.8. The quantitative estimate of drug-likeness (QED) is 0.720. The van der Waals surface area contributed by atoms with Gasteiger partial charge >= 0.3 is 0 Å². The summed E-state index contributed by atoms with van der Waals surface area (Å²) in [6.45, 7) is 5.02. The number of hydrogen-bond acceptors (Lipinski definition) is 3. The topological polar surface area (TPSA) is 50.4 Å².